The maximum atomic E-state index is 12.7. The van der Waals surface area contributed by atoms with E-state index in [9.17, 15) is 9.59 Å². The van der Waals surface area contributed by atoms with E-state index in [1.165, 1.54) is 4.90 Å². The van der Waals surface area contributed by atoms with Crippen LogP contribution in [0.25, 0.3) is 0 Å². The van der Waals surface area contributed by atoms with Crippen LogP contribution in [0.15, 0.2) is 24.3 Å². The fraction of sp³-hybridized carbons (Fsp3) is 0.500. The van der Waals surface area contributed by atoms with Gasteiger partial charge in [0, 0.05) is 6.07 Å². The van der Waals surface area contributed by atoms with Gasteiger partial charge < -0.3 is 4.74 Å². The highest BCUT2D eigenvalue weighted by atomic mass is 16.5. The molecule has 20 heavy (non-hydrogen) atoms. The number of methoxy groups -OCH3 is 1. The van der Waals surface area contributed by atoms with Crippen molar-refractivity contribution in [1.29, 1.82) is 0 Å². The first-order valence-electron chi connectivity index (χ1n) is 7.22. The van der Waals surface area contributed by atoms with Gasteiger partial charge in [-0.1, -0.05) is 6.07 Å². The fourth-order valence-electron chi connectivity index (χ4n) is 4.41. The van der Waals surface area contributed by atoms with Gasteiger partial charge in [0.05, 0.1) is 24.6 Å². The number of carbonyl (C=O) groups is 2. The number of anilines is 1. The highest BCUT2D eigenvalue weighted by molar-refractivity contribution is 6.22. The number of rotatable bonds is 2. The average Bonchev–Trinajstić information content (AvgIpc) is 3.13. The lowest BCUT2D eigenvalue weighted by Crippen LogP contribution is -2.32. The molecule has 1 aromatic rings. The molecule has 3 aliphatic rings. The first-order valence-corrected chi connectivity index (χ1v) is 7.22. The Morgan fingerprint density at radius 3 is 2.35 bits per heavy atom. The molecule has 0 N–H and O–H groups in total. The summed E-state index contributed by atoms with van der Waals surface area (Å²) in [5, 5.41) is 0. The van der Waals surface area contributed by atoms with Crippen molar-refractivity contribution in [1.82, 2.24) is 0 Å². The predicted octanol–water partition coefficient (Wildman–Crippen LogP) is 2.23. The average molecular weight is 271 g/mol. The van der Waals surface area contributed by atoms with E-state index in [0.717, 1.165) is 19.3 Å². The van der Waals surface area contributed by atoms with Gasteiger partial charge in [0.2, 0.25) is 11.8 Å². The van der Waals surface area contributed by atoms with Gasteiger partial charge >= 0.3 is 0 Å². The molecule has 1 aliphatic heterocycles. The first kappa shape index (κ1) is 11.9. The molecule has 1 aromatic carbocycles. The Morgan fingerprint density at radius 2 is 1.75 bits per heavy atom. The van der Waals surface area contributed by atoms with Crippen LogP contribution < -0.4 is 9.64 Å². The van der Waals surface area contributed by atoms with Gasteiger partial charge in [0.15, 0.2) is 0 Å². The minimum absolute atomic E-state index is 0.000420. The highest BCUT2D eigenvalue weighted by Gasteiger charge is 2.61. The maximum absolute atomic E-state index is 12.7. The third-order valence-electron chi connectivity index (χ3n) is 5.24. The van der Waals surface area contributed by atoms with Crippen molar-refractivity contribution in [3.63, 3.8) is 0 Å². The lowest BCUT2D eigenvalue weighted by atomic mass is 9.81. The zero-order chi connectivity index (χ0) is 13.9. The van der Waals surface area contributed by atoms with E-state index < -0.39 is 0 Å². The summed E-state index contributed by atoms with van der Waals surface area (Å²) >= 11 is 0. The first-order chi connectivity index (χ1) is 9.70. The quantitative estimate of drug-likeness (QED) is 0.775. The molecule has 0 radical (unpaired) electrons. The van der Waals surface area contributed by atoms with Crippen LogP contribution in [0.1, 0.15) is 19.3 Å². The number of hydrogen-bond donors (Lipinski definition) is 0. The Morgan fingerprint density at radius 1 is 1.10 bits per heavy atom. The SMILES string of the molecule is COc1cccc(N2C(=O)[C@H]3[C@H]4CC[C@@H](C4)[C@@H]3C2=O)c1. The smallest absolute Gasteiger partial charge is 0.237 e. The van der Waals surface area contributed by atoms with E-state index in [1.807, 2.05) is 12.1 Å². The topological polar surface area (TPSA) is 46.6 Å². The normalized spacial score (nSPS) is 34.8. The van der Waals surface area contributed by atoms with E-state index in [4.69, 9.17) is 4.74 Å². The molecular weight excluding hydrogens is 254 g/mol. The monoisotopic (exact) mass is 271 g/mol. The Bertz CT molecular complexity index is 569. The van der Waals surface area contributed by atoms with E-state index in [2.05, 4.69) is 0 Å². The number of carbonyl (C=O) groups excluding carboxylic acids is 2. The van der Waals surface area contributed by atoms with E-state index in [-0.39, 0.29) is 23.7 Å². The van der Waals surface area contributed by atoms with E-state index in [0.29, 0.717) is 23.3 Å². The second kappa shape index (κ2) is 4.08. The largest absolute Gasteiger partial charge is 0.497 e. The second-order valence-electron chi connectivity index (χ2n) is 6.10. The Kier molecular flexibility index (Phi) is 2.43. The molecule has 104 valence electrons. The fourth-order valence-corrected chi connectivity index (χ4v) is 4.41. The molecule has 0 spiro atoms. The van der Waals surface area contributed by atoms with Gasteiger partial charge in [-0.2, -0.15) is 0 Å². The van der Waals surface area contributed by atoms with Crippen LogP contribution in [0.2, 0.25) is 0 Å². The lowest BCUT2D eigenvalue weighted by molar-refractivity contribution is -0.123. The number of amides is 2. The van der Waals surface area contributed by atoms with Crippen LogP contribution in [0.5, 0.6) is 5.75 Å². The summed E-state index contributed by atoms with van der Waals surface area (Å²) in [5.74, 6) is 1.40. The van der Waals surface area contributed by atoms with Gasteiger partial charge in [0.25, 0.3) is 0 Å². The van der Waals surface area contributed by atoms with Crippen molar-refractivity contribution in [2.75, 3.05) is 12.0 Å². The summed E-state index contributed by atoms with van der Waals surface area (Å²) in [6.07, 6.45) is 3.28. The van der Waals surface area contributed by atoms with E-state index >= 15 is 0 Å². The molecule has 3 fully saturated rings. The molecule has 4 heteroatoms. The number of ether oxygens (including phenoxy) is 1. The molecule has 4 nitrogen and oxygen atoms in total. The zero-order valence-corrected chi connectivity index (χ0v) is 11.4. The summed E-state index contributed by atoms with van der Waals surface area (Å²) in [7, 11) is 1.59. The van der Waals surface area contributed by atoms with Crippen molar-refractivity contribution in [3.05, 3.63) is 24.3 Å². The van der Waals surface area contributed by atoms with Gasteiger partial charge in [-0.15, -0.1) is 0 Å². The Labute approximate surface area is 117 Å². The van der Waals surface area contributed by atoms with Gasteiger partial charge in [-0.05, 0) is 43.2 Å². The summed E-state index contributed by atoms with van der Waals surface area (Å²) < 4.78 is 5.18. The highest BCUT2D eigenvalue weighted by Crippen LogP contribution is 2.56. The van der Waals surface area contributed by atoms with Crippen LogP contribution >= 0.6 is 0 Å². The number of imide groups is 1. The summed E-state index contributed by atoms with van der Waals surface area (Å²) in [6.45, 7) is 0. The molecule has 0 unspecified atom stereocenters. The number of benzene rings is 1. The molecule has 0 aromatic heterocycles. The molecule has 2 aliphatic carbocycles. The molecular formula is C16H17NO3. The second-order valence-corrected chi connectivity index (χ2v) is 6.10. The number of hydrogen-bond acceptors (Lipinski definition) is 3. The van der Waals surface area contributed by atoms with Crippen molar-refractivity contribution >= 4 is 17.5 Å². The molecule has 4 atom stereocenters. The molecule has 1 saturated heterocycles. The van der Waals surface area contributed by atoms with Crippen molar-refractivity contribution in [3.8, 4) is 5.75 Å². The van der Waals surface area contributed by atoms with E-state index in [1.54, 1.807) is 19.2 Å². The van der Waals surface area contributed by atoms with Gasteiger partial charge in [-0.25, -0.2) is 4.90 Å². The van der Waals surface area contributed by atoms with Gasteiger partial charge in [-0.3, -0.25) is 9.59 Å². The zero-order valence-electron chi connectivity index (χ0n) is 11.4. The Hall–Kier alpha value is -1.84. The molecule has 2 bridgehead atoms. The van der Waals surface area contributed by atoms with Crippen LogP contribution in [-0.2, 0) is 9.59 Å². The summed E-state index contributed by atoms with van der Waals surface area (Å²) in [4.78, 5) is 26.7. The van der Waals surface area contributed by atoms with Crippen molar-refractivity contribution in [2.24, 2.45) is 23.7 Å². The molecule has 1 heterocycles. The van der Waals surface area contributed by atoms with Crippen LogP contribution in [0.4, 0.5) is 5.69 Å². The minimum atomic E-state index is -0.0625. The summed E-state index contributed by atoms with van der Waals surface area (Å²) in [5.41, 5.74) is 0.646. The number of nitrogens with zero attached hydrogens (tertiary/aromatic N) is 1. The molecule has 2 saturated carbocycles. The third kappa shape index (κ3) is 1.42. The van der Waals surface area contributed by atoms with Gasteiger partial charge in [0.1, 0.15) is 5.75 Å². The standard InChI is InChI=1S/C16H17NO3/c1-20-12-4-2-3-11(8-12)17-15(18)13-9-5-6-10(7-9)14(13)16(17)19/h2-4,8-10,13-14H,5-7H2,1H3/t9-,10-,13-,14-/m0/s1. The van der Waals surface area contributed by atoms with Crippen LogP contribution in [-0.4, -0.2) is 18.9 Å². The lowest BCUT2D eigenvalue weighted by Gasteiger charge is -2.19. The summed E-state index contributed by atoms with van der Waals surface area (Å²) in [6, 6.07) is 7.20. The van der Waals surface area contributed by atoms with Crippen LogP contribution in [0, 0.1) is 23.7 Å². The predicted molar refractivity (Wildman–Crippen MR) is 73.3 cm³/mol. The van der Waals surface area contributed by atoms with Crippen molar-refractivity contribution < 1.29 is 14.3 Å². The minimum Gasteiger partial charge on any atom is -0.497 e. The number of fused-ring (bicyclic) bond motifs is 5. The third-order valence-corrected chi connectivity index (χ3v) is 5.24. The Balaban J connectivity index is 1.73. The van der Waals surface area contributed by atoms with Crippen LogP contribution in [0.3, 0.4) is 0 Å². The molecule has 4 rings (SSSR count). The van der Waals surface area contributed by atoms with Crippen molar-refractivity contribution in [2.45, 2.75) is 19.3 Å². The maximum Gasteiger partial charge on any atom is 0.237 e. The molecule has 2 amide bonds.